The zero-order chi connectivity index (χ0) is 9.82. The third-order valence-corrected chi connectivity index (χ3v) is 0.940. The van der Waals surface area contributed by atoms with Crippen molar-refractivity contribution >= 4 is 0 Å². The van der Waals surface area contributed by atoms with Crippen molar-refractivity contribution in [2.45, 2.75) is 27.7 Å². The smallest absolute Gasteiger partial charge is 0.0398 e. The summed E-state index contributed by atoms with van der Waals surface area (Å²) in [5.74, 6) is 0. The third-order valence-electron chi connectivity index (χ3n) is 0.940. The van der Waals surface area contributed by atoms with Crippen molar-refractivity contribution in [2.24, 2.45) is 0 Å². The van der Waals surface area contributed by atoms with E-state index >= 15 is 0 Å². The van der Waals surface area contributed by atoms with Gasteiger partial charge in [0, 0.05) is 0 Å². The summed E-state index contributed by atoms with van der Waals surface area (Å²) < 4.78 is 0. The monoisotopic (exact) mass is 164 g/mol. The standard InChI is InChI=1S/C7H8.C3H6.C2H6/c1-7-5-3-2-4-6-7;1-3-2;1-2/h2-6H,1H3;3H,1H2,2H3;1-2H3. The van der Waals surface area contributed by atoms with Crippen LogP contribution in [0.25, 0.3) is 0 Å². The minimum Gasteiger partial charge on any atom is -0.103 e. The molecule has 1 aromatic carbocycles. The van der Waals surface area contributed by atoms with Gasteiger partial charge in [-0.15, -0.1) is 6.58 Å². The van der Waals surface area contributed by atoms with Gasteiger partial charge in [0.05, 0.1) is 0 Å². The molecule has 0 amide bonds. The molecule has 0 heterocycles. The van der Waals surface area contributed by atoms with Crippen LogP contribution in [0.4, 0.5) is 0 Å². The lowest BCUT2D eigenvalue weighted by Gasteiger charge is -1.82. The molecule has 0 nitrogen and oxygen atoms in total. The molecule has 0 saturated carbocycles. The van der Waals surface area contributed by atoms with E-state index in [1.807, 2.05) is 39.0 Å². The van der Waals surface area contributed by atoms with Gasteiger partial charge in [-0.25, -0.2) is 0 Å². The lowest BCUT2D eigenvalue weighted by Crippen LogP contribution is -1.62. The van der Waals surface area contributed by atoms with Crippen LogP contribution in [0.1, 0.15) is 26.3 Å². The van der Waals surface area contributed by atoms with Crippen molar-refractivity contribution in [3.63, 3.8) is 0 Å². The Hall–Kier alpha value is -1.04. The minimum absolute atomic E-state index is 1.32. The fraction of sp³-hybridized carbons (Fsp3) is 0.333. The Labute approximate surface area is 76.9 Å². The topological polar surface area (TPSA) is 0 Å². The van der Waals surface area contributed by atoms with E-state index in [1.54, 1.807) is 6.08 Å². The predicted molar refractivity (Wildman–Crippen MR) is 58.4 cm³/mol. The number of hydrogen-bond donors (Lipinski definition) is 0. The van der Waals surface area contributed by atoms with E-state index in [1.165, 1.54) is 5.56 Å². The summed E-state index contributed by atoms with van der Waals surface area (Å²) in [6.07, 6.45) is 1.75. The maximum Gasteiger partial charge on any atom is -0.0398 e. The van der Waals surface area contributed by atoms with Gasteiger partial charge in [0.2, 0.25) is 0 Å². The highest BCUT2D eigenvalue weighted by molar-refractivity contribution is 5.11. The van der Waals surface area contributed by atoms with Crippen LogP contribution in [0.2, 0.25) is 0 Å². The zero-order valence-corrected chi connectivity index (χ0v) is 8.67. The molecular weight excluding hydrogens is 144 g/mol. The van der Waals surface area contributed by atoms with Crippen molar-refractivity contribution in [3.8, 4) is 0 Å². The van der Waals surface area contributed by atoms with E-state index in [4.69, 9.17) is 0 Å². The van der Waals surface area contributed by atoms with Crippen LogP contribution >= 0.6 is 0 Å². The van der Waals surface area contributed by atoms with Gasteiger partial charge in [-0.1, -0.05) is 55.8 Å². The molecule has 0 aliphatic rings. The summed E-state index contributed by atoms with van der Waals surface area (Å²) in [5, 5.41) is 0. The van der Waals surface area contributed by atoms with Crippen LogP contribution in [-0.4, -0.2) is 0 Å². The number of hydrogen-bond acceptors (Lipinski definition) is 0. The molecule has 0 heteroatoms. The summed E-state index contributed by atoms with van der Waals surface area (Å²) in [6.45, 7) is 11.3. The normalized spacial score (nSPS) is 6.67. The van der Waals surface area contributed by atoms with Gasteiger partial charge in [0.15, 0.2) is 0 Å². The first-order valence-electron chi connectivity index (χ1n) is 4.40. The van der Waals surface area contributed by atoms with E-state index in [-0.39, 0.29) is 0 Å². The highest BCUT2D eigenvalue weighted by Gasteiger charge is 1.72. The average molecular weight is 164 g/mol. The third kappa shape index (κ3) is 11.7. The van der Waals surface area contributed by atoms with E-state index in [0.29, 0.717) is 0 Å². The Morgan fingerprint density at radius 3 is 1.58 bits per heavy atom. The number of benzene rings is 1. The second kappa shape index (κ2) is 12.6. The van der Waals surface area contributed by atoms with Crippen LogP contribution in [0, 0.1) is 6.92 Å². The summed E-state index contributed by atoms with van der Waals surface area (Å²) in [5.41, 5.74) is 1.32. The van der Waals surface area contributed by atoms with Gasteiger partial charge in [-0.2, -0.15) is 0 Å². The second-order valence-corrected chi connectivity index (χ2v) is 2.06. The largest absolute Gasteiger partial charge is 0.103 e. The number of aryl methyl sites for hydroxylation is 1. The van der Waals surface area contributed by atoms with Gasteiger partial charge in [0.1, 0.15) is 0 Å². The lowest BCUT2D eigenvalue weighted by atomic mass is 10.2. The van der Waals surface area contributed by atoms with Gasteiger partial charge >= 0.3 is 0 Å². The van der Waals surface area contributed by atoms with E-state index in [2.05, 4.69) is 25.6 Å². The second-order valence-electron chi connectivity index (χ2n) is 2.06. The lowest BCUT2D eigenvalue weighted by molar-refractivity contribution is 1.48. The molecular formula is C12H20. The molecule has 0 saturated heterocycles. The Bertz CT molecular complexity index is 163. The Balaban J connectivity index is 0. The minimum atomic E-state index is 1.32. The first kappa shape index (κ1) is 13.5. The molecule has 0 aromatic heterocycles. The molecule has 0 aliphatic heterocycles. The molecule has 0 spiro atoms. The molecule has 0 radical (unpaired) electrons. The van der Waals surface area contributed by atoms with Crippen LogP contribution in [0.5, 0.6) is 0 Å². The highest BCUT2D eigenvalue weighted by atomic mass is 13.8. The predicted octanol–water partition coefficient (Wildman–Crippen LogP) is 4.21. The summed E-state index contributed by atoms with van der Waals surface area (Å²) >= 11 is 0. The molecule has 0 unspecified atom stereocenters. The Kier molecular flexibility index (Phi) is 14.2. The van der Waals surface area contributed by atoms with Crippen molar-refractivity contribution < 1.29 is 0 Å². The van der Waals surface area contributed by atoms with Gasteiger partial charge in [-0.3, -0.25) is 0 Å². The van der Waals surface area contributed by atoms with Gasteiger partial charge in [0.25, 0.3) is 0 Å². The molecule has 12 heavy (non-hydrogen) atoms. The average Bonchev–Trinajstić information content (AvgIpc) is 2.11. The fourth-order valence-electron chi connectivity index (χ4n) is 0.534. The van der Waals surface area contributed by atoms with E-state index in [9.17, 15) is 0 Å². The van der Waals surface area contributed by atoms with Gasteiger partial charge < -0.3 is 0 Å². The Morgan fingerprint density at radius 1 is 1.08 bits per heavy atom. The summed E-state index contributed by atoms with van der Waals surface area (Å²) in [6, 6.07) is 10.3. The molecule has 0 bridgehead atoms. The zero-order valence-electron chi connectivity index (χ0n) is 8.67. The molecule has 68 valence electrons. The molecule has 0 fully saturated rings. The van der Waals surface area contributed by atoms with Crippen LogP contribution in [0.3, 0.4) is 0 Å². The molecule has 1 aromatic rings. The van der Waals surface area contributed by atoms with Crippen molar-refractivity contribution in [1.29, 1.82) is 0 Å². The van der Waals surface area contributed by atoms with Crippen molar-refractivity contribution in [3.05, 3.63) is 48.6 Å². The first-order chi connectivity index (χ1) is 5.81. The SMILES string of the molecule is C=CC.CC.Cc1ccccc1. The first-order valence-corrected chi connectivity index (χ1v) is 4.40. The maximum absolute atomic E-state index is 3.36. The molecule has 0 atom stereocenters. The molecule has 0 aliphatic carbocycles. The van der Waals surface area contributed by atoms with Crippen LogP contribution < -0.4 is 0 Å². The van der Waals surface area contributed by atoms with Crippen LogP contribution in [0.15, 0.2) is 43.0 Å². The van der Waals surface area contributed by atoms with E-state index in [0.717, 1.165) is 0 Å². The van der Waals surface area contributed by atoms with E-state index < -0.39 is 0 Å². The van der Waals surface area contributed by atoms with Crippen molar-refractivity contribution in [1.82, 2.24) is 0 Å². The number of rotatable bonds is 0. The summed E-state index contributed by atoms with van der Waals surface area (Å²) in [7, 11) is 0. The van der Waals surface area contributed by atoms with Crippen molar-refractivity contribution in [2.75, 3.05) is 0 Å². The Morgan fingerprint density at radius 2 is 1.42 bits per heavy atom. The van der Waals surface area contributed by atoms with Crippen LogP contribution in [-0.2, 0) is 0 Å². The quantitative estimate of drug-likeness (QED) is 0.504. The summed E-state index contributed by atoms with van der Waals surface area (Å²) in [4.78, 5) is 0. The fourth-order valence-corrected chi connectivity index (χ4v) is 0.534. The molecule has 1 rings (SSSR count). The highest BCUT2D eigenvalue weighted by Crippen LogP contribution is 1.92. The number of allylic oxidation sites excluding steroid dienone is 1. The molecule has 0 N–H and O–H groups in total. The van der Waals surface area contributed by atoms with Gasteiger partial charge in [-0.05, 0) is 13.8 Å². The maximum atomic E-state index is 3.36.